The van der Waals surface area contributed by atoms with Gasteiger partial charge in [-0.3, -0.25) is 9.59 Å². The number of ether oxygens (including phenoxy) is 1. The van der Waals surface area contributed by atoms with Gasteiger partial charge < -0.3 is 25.4 Å². The molecule has 0 atom stereocenters. The van der Waals surface area contributed by atoms with Crippen LogP contribution in [0.2, 0.25) is 0 Å². The first-order chi connectivity index (χ1) is 10.5. The molecule has 1 aliphatic rings. The van der Waals surface area contributed by atoms with E-state index in [1.165, 1.54) is 0 Å². The summed E-state index contributed by atoms with van der Waals surface area (Å²) in [7, 11) is 1.61. The first-order valence-corrected chi connectivity index (χ1v) is 7.19. The Morgan fingerprint density at radius 2 is 1.91 bits per heavy atom. The Morgan fingerprint density at radius 3 is 2.50 bits per heavy atom. The van der Waals surface area contributed by atoms with E-state index in [0.717, 1.165) is 11.4 Å². The second kappa shape index (κ2) is 7.02. The van der Waals surface area contributed by atoms with Gasteiger partial charge in [0.2, 0.25) is 5.91 Å². The van der Waals surface area contributed by atoms with Crippen molar-refractivity contribution in [3.8, 4) is 5.75 Å². The van der Waals surface area contributed by atoms with Crippen LogP contribution in [0.1, 0.15) is 12.8 Å². The van der Waals surface area contributed by atoms with Gasteiger partial charge in [0.15, 0.2) is 0 Å². The van der Waals surface area contributed by atoms with Gasteiger partial charge in [-0.15, -0.1) is 0 Å². The maximum Gasteiger partial charge on any atom is 0.303 e. The number of carbonyl (C=O) groups excluding carboxylic acids is 1. The molecule has 0 aromatic heterocycles. The van der Waals surface area contributed by atoms with Crippen LogP contribution < -0.4 is 15.4 Å². The number of carbonyl (C=O) groups is 2. The van der Waals surface area contributed by atoms with Gasteiger partial charge >= 0.3 is 5.97 Å². The lowest BCUT2D eigenvalue weighted by atomic mass is 10.2. The van der Waals surface area contributed by atoms with Crippen LogP contribution in [0, 0.1) is 0 Å². The van der Waals surface area contributed by atoms with E-state index >= 15 is 0 Å². The van der Waals surface area contributed by atoms with Gasteiger partial charge in [0.1, 0.15) is 5.75 Å². The fraction of sp³-hybridized carbons (Fsp3) is 0.467. The molecule has 1 aromatic rings. The summed E-state index contributed by atoms with van der Waals surface area (Å²) in [6.07, 6.45) is -0.0704. The standard InChI is InChI=1S/C15H21N3O4/c1-22-13-3-2-11(16)10-12(13)17-6-8-18(9-7-17)14(19)4-5-15(20)21/h2-3,10H,4-9,16H2,1H3,(H,20,21). The largest absolute Gasteiger partial charge is 0.495 e. The Labute approximate surface area is 129 Å². The van der Waals surface area contributed by atoms with E-state index in [4.69, 9.17) is 15.6 Å². The highest BCUT2D eigenvalue weighted by atomic mass is 16.5. The topological polar surface area (TPSA) is 96.1 Å². The lowest BCUT2D eigenvalue weighted by Crippen LogP contribution is -2.48. The van der Waals surface area contributed by atoms with Gasteiger partial charge in [0, 0.05) is 38.3 Å². The number of benzene rings is 1. The summed E-state index contributed by atoms with van der Waals surface area (Å²) in [5.74, 6) is -0.307. The molecule has 22 heavy (non-hydrogen) atoms. The van der Waals surface area contributed by atoms with Gasteiger partial charge in [-0.1, -0.05) is 0 Å². The second-order valence-corrected chi connectivity index (χ2v) is 5.19. The number of piperazine rings is 1. The van der Waals surface area contributed by atoms with Crippen LogP contribution in [0.15, 0.2) is 18.2 Å². The predicted molar refractivity (Wildman–Crippen MR) is 83.1 cm³/mol. The van der Waals surface area contributed by atoms with E-state index in [-0.39, 0.29) is 18.7 Å². The van der Waals surface area contributed by atoms with E-state index in [2.05, 4.69) is 4.90 Å². The second-order valence-electron chi connectivity index (χ2n) is 5.19. The first kappa shape index (κ1) is 15.9. The monoisotopic (exact) mass is 307 g/mol. The van der Waals surface area contributed by atoms with Crippen molar-refractivity contribution in [3.63, 3.8) is 0 Å². The van der Waals surface area contributed by atoms with Gasteiger partial charge in [-0.2, -0.15) is 0 Å². The minimum atomic E-state index is -0.948. The number of amides is 1. The Kier molecular flexibility index (Phi) is 5.08. The van der Waals surface area contributed by atoms with Crippen molar-refractivity contribution in [2.45, 2.75) is 12.8 Å². The highest BCUT2D eigenvalue weighted by Gasteiger charge is 2.23. The fourth-order valence-corrected chi connectivity index (χ4v) is 2.52. The Hall–Kier alpha value is -2.44. The maximum absolute atomic E-state index is 11.9. The number of hydrogen-bond acceptors (Lipinski definition) is 5. The number of carboxylic acids is 1. The molecule has 0 spiro atoms. The average Bonchev–Trinajstić information content (AvgIpc) is 2.52. The number of anilines is 2. The molecule has 120 valence electrons. The zero-order chi connectivity index (χ0) is 16.1. The zero-order valence-electron chi connectivity index (χ0n) is 12.6. The molecule has 0 saturated carbocycles. The lowest BCUT2D eigenvalue weighted by Gasteiger charge is -2.36. The van der Waals surface area contributed by atoms with Crippen molar-refractivity contribution in [2.24, 2.45) is 0 Å². The third-order valence-electron chi connectivity index (χ3n) is 3.73. The number of aliphatic carboxylic acids is 1. The van der Waals surface area contributed by atoms with Crippen LogP contribution in [-0.4, -0.2) is 55.2 Å². The SMILES string of the molecule is COc1ccc(N)cc1N1CCN(C(=O)CCC(=O)O)CC1. The molecule has 7 heteroatoms. The minimum absolute atomic E-state index is 0.0525. The molecule has 0 radical (unpaired) electrons. The molecule has 1 aliphatic heterocycles. The summed E-state index contributed by atoms with van der Waals surface area (Å²) in [5.41, 5.74) is 7.41. The summed E-state index contributed by atoms with van der Waals surface area (Å²) in [6, 6.07) is 5.48. The van der Waals surface area contributed by atoms with Crippen molar-refractivity contribution in [1.82, 2.24) is 4.90 Å². The summed E-state index contributed by atoms with van der Waals surface area (Å²) in [4.78, 5) is 26.3. The highest BCUT2D eigenvalue weighted by molar-refractivity contribution is 5.81. The first-order valence-electron chi connectivity index (χ1n) is 7.19. The normalized spacial score (nSPS) is 14.8. The number of nitrogens with two attached hydrogens (primary N) is 1. The molecular formula is C15H21N3O4. The number of methoxy groups -OCH3 is 1. The lowest BCUT2D eigenvalue weighted by molar-refractivity contribution is -0.141. The summed E-state index contributed by atoms with van der Waals surface area (Å²) < 4.78 is 5.35. The molecule has 7 nitrogen and oxygen atoms in total. The van der Waals surface area contributed by atoms with Crippen LogP contribution in [0.4, 0.5) is 11.4 Å². The number of rotatable bonds is 5. The summed E-state index contributed by atoms with van der Waals surface area (Å²) >= 11 is 0. The van der Waals surface area contributed by atoms with Crippen molar-refractivity contribution < 1.29 is 19.4 Å². The smallest absolute Gasteiger partial charge is 0.303 e. The number of nitrogens with zero attached hydrogens (tertiary/aromatic N) is 2. The molecule has 0 bridgehead atoms. The average molecular weight is 307 g/mol. The molecule has 1 heterocycles. The van der Waals surface area contributed by atoms with E-state index in [1.807, 2.05) is 12.1 Å². The summed E-state index contributed by atoms with van der Waals surface area (Å²) in [5, 5.41) is 8.63. The Bertz CT molecular complexity index is 554. The van der Waals surface area contributed by atoms with Crippen LogP contribution in [-0.2, 0) is 9.59 Å². The zero-order valence-corrected chi connectivity index (χ0v) is 12.6. The molecular weight excluding hydrogens is 286 g/mol. The number of carboxylic acid groups (broad SMARTS) is 1. The van der Waals surface area contributed by atoms with Gasteiger partial charge in [0.05, 0.1) is 19.2 Å². The van der Waals surface area contributed by atoms with Crippen LogP contribution in [0.5, 0.6) is 5.75 Å². The molecule has 3 N–H and O–H groups in total. The quantitative estimate of drug-likeness (QED) is 0.781. The minimum Gasteiger partial charge on any atom is -0.495 e. The summed E-state index contributed by atoms with van der Waals surface area (Å²) in [6.45, 7) is 2.46. The number of nitrogen functional groups attached to an aromatic ring is 1. The van der Waals surface area contributed by atoms with Crippen LogP contribution >= 0.6 is 0 Å². The van der Waals surface area contributed by atoms with Crippen molar-refractivity contribution >= 4 is 23.3 Å². The van der Waals surface area contributed by atoms with Crippen molar-refractivity contribution in [1.29, 1.82) is 0 Å². The third kappa shape index (κ3) is 3.81. The maximum atomic E-state index is 11.9. The van der Waals surface area contributed by atoms with Gasteiger partial charge in [-0.25, -0.2) is 0 Å². The molecule has 1 fully saturated rings. The highest BCUT2D eigenvalue weighted by Crippen LogP contribution is 2.31. The van der Waals surface area contributed by atoms with E-state index < -0.39 is 5.97 Å². The predicted octanol–water partition coefficient (Wildman–Crippen LogP) is 0.791. The molecule has 0 aliphatic carbocycles. The molecule has 1 aromatic carbocycles. The van der Waals surface area contributed by atoms with E-state index in [9.17, 15) is 9.59 Å². The van der Waals surface area contributed by atoms with Gasteiger partial charge in [0.25, 0.3) is 0 Å². The molecule has 2 rings (SSSR count). The van der Waals surface area contributed by atoms with Crippen molar-refractivity contribution in [2.75, 3.05) is 43.9 Å². The Balaban J connectivity index is 1.96. The van der Waals surface area contributed by atoms with Crippen molar-refractivity contribution in [3.05, 3.63) is 18.2 Å². The van der Waals surface area contributed by atoms with Crippen LogP contribution in [0.3, 0.4) is 0 Å². The number of hydrogen-bond donors (Lipinski definition) is 2. The molecule has 0 unspecified atom stereocenters. The third-order valence-corrected chi connectivity index (χ3v) is 3.73. The molecule has 1 saturated heterocycles. The molecule has 1 amide bonds. The fourth-order valence-electron chi connectivity index (χ4n) is 2.52. The van der Waals surface area contributed by atoms with Crippen LogP contribution in [0.25, 0.3) is 0 Å². The van der Waals surface area contributed by atoms with E-state index in [1.54, 1.807) is 18.1 Å². The Morgan fingerprint density at radius 1 is 1.23 bits per heavy atom. The van der Waals surface area contributed by atoms with Gasteiger partial charge in [-0.05, 0) is 18.2 Å². The van der Waals surface area contributed by atoms with E-state index in [0.29, 0.717) is 31.9 Å².